The lowest BCUT2D eigenvalue weighted by Crippen LogP contribution is -2.38. The van der Waals surface area contributed by atoms with E-state index < -0.39 is 24.6 Å². The fraction of sp³-hybridized carbons (Fsp3) is 0.600. The molecule has 0 aromatic carbocycles. The first kappa shape index (κ1) is 10.2. The molecule has 0 rings (SSSR count). The number of hydrogen-bond donors (Lipinski definition) is 3. The molecule has 0 saturated heterocycles. The van der Waals surface area contributed by atoms with Crippen molar-refractivity contribution in [2.24, 2.45) is 5.90 Å². The molecule has 0 heterocycles. The van der Waals surface area contributed by atoms with Gasteiger partial charge in [0.15, 0.2) is 12.4 Å². The SMILES string of the molecule is NO[C@@H](C=O)C(=O)[C@H](O)CO. The Bertz CT molecular complexity index is 148. The van der Waals surface area contributed by atoms with Gasteiger partial charge in [0.25, 0.3) is 0 Å². The van der Waals surface area contributed by atoms with Crippen molar-refractivity contribution in [2.75, 3.05) is 6.61 Å². The van der Waals surface area contributed by atoms with Crippen molar-refractivity contribution in [2.45, 2.75) is 12.2 Å². The van der Waals surface area contributed by atoms with Gasteiger partial charge < -0.3 is 10.2 Å². The summed E-state index contributed by atoms with van der Waals surface area (Å²) in [5.74, 6) is 3.58. The molecule has 0 unspecified atom stereocenters. The molecular weight excluding hydrogens is 154 g/mol. The van der Waals surface area contributed by atoms with Gasteiger partial charge in [-0.2, -0.15) is 0 Å². The van der Waals surface area contributed by atoms with Crippen molar-refractivity contribution in [1.82, 2.24) is 0 Å². The fourth-order valence-corrected chi connectivity index (χ4v) is 0.446. The number of aldehydes is 1. The van der Waals surface area contributed by atoms with Gasteiger partial charge in [-0.1, -0.05) is 0 Å². The summed E-state index contributed by atoms with van der Waals surface area (Å²) < 4.78 is 0. The maximum Gasteiger partial charge on any atom is 0.201 e. The number of Topliss-reactive ketones (excluding diaryl/α,β-unsaturated/α-hetero) is 1. The smallest absolute Gasteiger partial charge is 0.201 e. The number of nitrogens with two attached hydrogens (primary N) is 1. The zero-order valence-corrected chi connectivity index (χ0v) is 5.64. The molecule has 64 valence electrons. The lowest BCUT2D eigenvalue weighted by atomic mass is 10.1. The van der Waals surface area contributed by atoms with Crippen LogP contribution in [0.25, 0.3) is 0 Å². The van der Waals surface area contributed by atoms with Crippen LogP contribution in [0.5, 0.6) is 0 Å². The highest BCUT2D eigenvalue weighted by atomic mass is 16.6. The summed E-state index contributed by atoms with van der Waals surface area (Å²) in [4.78, 5) is 24.6. The Morgan fingerprint density at radius 1 is 1.73 bits per heavy atom. The van der Waals surface area contributed by atoms with Gasteiger partial charge in [-0.3, -0.25) is 14.4 Å². The third-order valence-electron chi connectivity index (χ3n) is 1.05. The second-order valence-electron chi connectivity index (χ2n) is 1.79. The summed E-state index contributed by atoms with van der Waals surface area (Å²) in [5, 5.41) is 16.9. The molecule has 2 atom stereocenters. The van der Waals surface area contributed by atoms with Crippen LogP contribution in [0.15, 0.2) is 0 Å². The number of aliphatic hydroxyl groups is 2. The summed E-state index contributed by atoms with van der Waals surface area (Å²) >= 11 is 0. The molecule has 0 aromatic rings. The summed E-state index contributed by atoms with van der Waals surface area (Å²) in [7, 11) is 0. The largest absolute Gasteiger partial charge is 0.393 e. The van der Waals surface area contributed by atoms with Gasteiger partial charge in [-0.25, -0.2) is 5.90 Å². The zero-order chi connectivity index (χ0) is 8.85. The van der Waals surface area contributed by atoms with Crippen molar-refractivity contribution >= 4 is 12.1 Å². The van der Waals surface area contributed by atoms with Crippen LogP contribution in [-0.4, -0.2) is 41.1 Å². The van der Waals surface area contributed by atoms with Gasteiger partial charge in [0.1, 0.15) is 6.10 Å². The maximum atomic E-state index is 10.7. The molecule has 0 saturated carbocycles. The number of aliphatic hydroxyl groups excluding tert-OH is 2. The average Bonchev–Trinajstić information content (AvgIpc) is 2.05. The van der Waals surface area contributed by atoms with Gasteiger partial charge in [0.2, 0.25) is 5.78 Å². The van der Waals surface area contributed by atoms with Gasteiger partial charge in [0.05, 0.1) is 6.61 Å². The lowest BCUT2D eigenvalue weighted by molar-refractivity contribution is -0.144. The summed E-state index contributed by atoms with van der Waals surface area (Å²) in [6.07, 6.45) is -2.98. The minimum absolute atomic E-state index is 0.140. The third-order valence-corrected chi connectivity index (χ3v) is 1.05. The van der Waals surface area contributed by atoms with E-state index >= 15 is 0 Å². The van der Waals surface area contributed by atoms with E-state index in [0.29, 0.717) is 0 Å². The lowest BCUT2D eigenvalue weighted by Gasteiger charge is -2.09. The van der Waals surface area contributed by atoms with Crippen molar-refractivity contribution < 1.29 is 24.6 Å². The Kier molecular flexibility index (Phi) is 4.55. The molecule has 6 nitrogen and oxygen atoms in total. The minimum atomic E-state index is -1.62. The third kappa shape index (κ3) is 2.72. The van der Waals surface area contributed by atoms with E-state index in [0.717, 1.165) is 0 Å². The second-order valence-corrected chi connectivity index (χ2v) is 1.79. The Hall–Kier alpha value is -0.820. The molecule has 0 spiro atoms. The normalized spacial score (nSPS) is 15.5. The molecule has 0 bridgehead atoms. The second kappa shape index (κ2) is 4.91. The molecule has 11 heavy (non-hydrogen) atoms. The van der Waals surface area contributed by atoms with Gasteiger partial charge in [-0.15, -0.1) is 0 Å². The minimum Gasteiger partial charge on any atom is -0.393 e. The summed E-state index contributed by atoms with van der Waals surface area (Å²) in [6.45, 7) is -0.757. The van der Waals surface area contributed by atoms with E-state index in [2.05, 4.69) is 10.7 Å². The number of carbonyl (C=O) groups is 2. The van der Waals surface area contributed by atoms with Crippen molar-refractivity contribution in [1.29, 1.82) is 0 Å². The molecule has 0 aliphatic rings. The van der Waals surface area contributed by atoms with Crippen LogP contribution in [0, 0.1) is 0 Å². The number of hydrogen-bond acceptors (Lipinski definition) is 6. The predicted molar refractivity (Wildman–Crippen MR) is 33.2 cm³/mol. The first-order valence-electron chi connectivity index (χ1n) is 2.80. The van der Waals surface area contributed by atoms with E-state index in [1.54, 1.807) is 0 Å². The van der Waals surface area contributed by atoms with Gasteiger partial charge >= 0.3 is 0 Å². The quantitative estimate of drug-likeness (QED) is 0.232. The van der Waals surface area contributed by atoms with Crippen LogP contribution >= 0.6 is 0 Å². The molecule has 0 radical (unpaired) electrons. The molecule has 0 aliphatic carbocycles. The van der Waals surface area contributed by atoms with E-state index in [-0.39, 0.29) is 6.29 Å². The van der Waals surface area contributed by atoms with E-state index in [1.165, 1.54) is 0 Å². The highest BCUT2D eigenvalue weighted by Crippen LogP contribution is 1.92. The number of ketones is 1. The number of carbonyl (C=O) groups excluding carboxylic acids is 2. The van der Waals surface area contributed by atoms with E-state index in [9.17, 15) is 9.59 Å². The standard InChI is InChI=1S/C5H9NO5/c6-11-4(2-8)5(10)3(9)1-7/h2-4,7,9H,1,6H2/t3-,4+/m1/s1. The van der Waals surface area contributed by atoms with Crippen molar-refractivity contribution in [3.63, 3.8) is 0 Å². The van der Waals surface area contributed by atoms with Crippen LogP contribution in [0.2, 0.25) is 0 Å². The highest BCUT2D eigenvalue weighted by molar-refractivity contribution is 5.98. The Morgan fingerprint density at radius 3 is 2.55 bits per heavy atom. The van der Waals surface area contributed by atoms with Crippen LogP contribution in [-0.2, 0) is 14.4 Å². The summed E-state index contributed by atoms with van der Waals surface area (Å²) in [6, 6.07) is 0. The van der Waals surface area contributed by atoms with Crippen molar-refractivity contribution in [3.05, 3.63) is 0 Å². The molecule has 6 heteroatoms. The Morgan fingerprint density at radius 2 is 2.27 bits per heavy atom. The van der Waals surface area contributed by atoms with Gasteiger partial charge in [-0.05, 0) is 0 Å². The molecule has 0 amide bonds. The highest BCUT2D eigenvalue weighted by Gasteiger charge is 2.24. The summed E-state index contributed by atoms with van der Waals surface area (Å²) in [5.41, 5.74) is 0. The molecule has 4 N–H and O–H groups in total. The molecule has 0 fully saturated rings. The average molecular weight is 163 g/mol. The Labute approximate surface area is 62.5 Å². The monoisotopic (exact) mass is 163 g/mol. The first-order valence-corrected chi connectivity index (χ1v) is 2.80. The fourth-order valence-electron chi connectivity index (χ4n) is 0.446. The molecule has 0 aromatic heterocycles. The predicted octanol–water partition coefficient (Wildman–Crippen LogP) is -2.63. The first-order chi connectivity index (χ1) is 5.17. The van der Waals surface area contributed by atoms with Crippen LogP contribution in [0.3, 0.4) is 0 Å². The number of rotatable bonds is 5. The zero-order valence-electron chi connectivity index (χ0n) is 5.64. The van der Waals surface area contributed by atoms with Crippen LogP contribution in [0.1, 0.15) is 0 Å². The maximum absolute atomic E-state index is 10.7. The van der Waals surface area contributed by atoms with Crippen LogP contribution < -0.4 is 5.90 Å². The molecule has 0 aliphatic heterocycles. The van der Waals surface area contributed by atoms with Crippen LogP contribution in [0.4, 0.5) is 0 Å². The van der Waals surface area contributed by atoms with Crippen molar-refractivity contribution in [3.8, 4) is 0 Å². The molecular formula is C5H9NO5. The Balaban J connectivity index is 4.08. The van der Waals surface area contributed by atoms with E-state index in [4.69, 9.17) is 10.2 Å². The van der Waals surface area contributed by atoms with E-state index in [1.807, 2.05) is 0 Å². The van der Waals surface area contributed by atoms with Gasteiger partial charge in [0, 0.05) is 0 Å². The topological polar surface area (TPSA) is 110 Å².